The van der Waals surface area contributed by atoms with Gasteiger partial charge in [0.25, 0.3) is 0 Å². The van der Waals surface area contributed by atoms with Crippen LogP contribution in [0.2, 0.25) is 0 Å². The maximum absolute atomic E-state index is 8.15. The van der Waals surface area contributed by atoms with Gasteiger partial charge in [0.05, 0.1) is 0 Å². The van der Waals surface area contributed by atoms with Crippen LogP contribution >= 0.6 is 0 Å². The Balaban J connectivity index is 3.79. The second-order valence-electron chi connectivity index (χ2n) is 1.66. The van der Waals surface area contributed by atoms with Gasteiger partial charge in [0.2, 0.25) is 0 Å². The van der Waals surface area contributed by atoms with Crippen LogP contribution in [-0.2, 0) is 4.74 Å². The quantitative estimate of drug-likeness (QED) is 0.249. The zero-order valence-corrected chi connectivity index (χ0v) is 5.66. The molecule has 9 heavy (non-hydrogen) atoms. The summed E-state index contributed by atoms with van der Waals surface area (Å²) in [5.41, 5.74) is 5.21. The van der Waals surface area contributed by atoms with Crippen molar-refractivity contribution in [1.82, 2.24) is 0 Å². The molecule has 0 aliphatic rings. The van der Waals surface area contributed by atoms with Gasteiger partial charge < -0.3 is 15.7 Å². The van der Waals surface area contributed by atoms with Gasteiger partial charge in [-0.3, -0.25) is 0 Å². The van der Waals surface area contributed by atoms with Gasteiger partial charge in [0.15, 0.2) is 5.84 Å². The molecule has 0 aromatic rings. The highest BCUT2D eigenvalue weighted by atomic mass is 16.5. The number of methoxy groups -OCH3 is 1. The number of oxime groups is 1. The van der Waals surface area contributed by atoms with E-state index in [1.54, 1.807) is 0 Å². The summed E-state index contributed by atoms with van der Waals surface area (Å²) >= 11 is 0. The summed E-state index contributed by atoms with van der Waals surface area (Å²) in [6, 6.07) is 0. The van der Waals surface area contributed by atoms with Crippen molar-refractivity contribution in [2.24, 2.45) is 10.9 Å². The molecule has 0 aromatic carbocycles. The standard InChI is InChI=1S/C5H12N2O2/c1-3-4(9-2)5(6)7-8/h4,8H,3H2,1-2H3,(H2,6,7). The second kappa shape index (κ2) is 4.14. The molecule has 1 atom stereocenters. The number of ether oxygens (including phenoxy) is 1. The molecule has 0 spiro atoms. The lowest BCUT2D eigenvalue weighted by Crippen LogP contribution is -2.29. The van der Waals surface area contributed by atoms with Gasteiger partial charge in [0.1, 0.15) is 6.10 Å². The van der Waals surface area contributed by atoms with Crippen molar-refractivity contribution in [3.05, 3.63) is 0 Å². The lowest BCUT2D eigenvalue weighted by molar-refractivity contribution is 0.147. The van der Waals surface area contributed by atoms with Crippen LogP contribution in [0.3, 0.4) is 0 Å². The molecule has 54 valence electrons. The second-order valence-corrected chi connectivity index (χ2v) is 1.66. The van der Waals surface area contributed by atoms with Crippen LogP contribution < -0.4 is 5.73 Å². The van der Waals surface area contributed by atoms with E-state index in [0.29, 0.717) is 6.42 Å². The molecule has 4 nitrogen and oxygen atoms in total. The Morgan fingerprint density at radius 1 is 1.89 bits per heavy atom. The van der Waals surface area contributed by atoms with Crippen LogP contribution in [0.15, 0.2) is 5.16 Å². The summed E-state index contributed by atoms with van der Waals surface area (Å²) in [7, 11) is 1.52. The average Bonchev–Trinajstić information content (AvgIpc) is 1.90. The summed E-state index contributed by atoms with van der Waals surface area (Å²) in [5.74, 6) is 0.125. The van der Waals surface area contributed by atoms with Gasteiger partial charge in [-0.15, -0.1) is 0 Å². The highest BCUT2D eigenvalue weighted by Crippen LogP contribution is 1.94. The van der Waals surface area contributed by atoms with Crippen molar-refractivity contribution in [2.75, 3.05) is 7.11 Å². The van der Waals surface area contributed by atoms with Gasteiger partial charge in [0, 0.05) is 7.11 Å². The number of amidine groups is 1. The van der Waals surface area contributed by atoms with Crippen molar-refractivity contribution < 1.29 is 9.94 Å². The number of rotatable bonds is 3. The summed E-state index contributed by atoms with van der Waals surface area (Å²) in [4.78, 5) is 0. The molecular formula is C5H12N2O2. The lowest BCUT2D eigenvalue weighted by Gasteiger charge is -2.09. The van der Waals surface area contributed by atoms with Crippen molar-refractivity contribution >= 4 is 5.84 Å². The Kier molecular flexibility index (Phi) is 3.79. The van der Waals surface area contributed by atoms with Crippen molar-refractivity contribution in [1.29, 1.82) is 0 Å². The van der Waals surface area contributed by atoms with Crippen LogP contribution in [0.25, 0.3) is 0 Å². The molecule has 0 aromatic heterocycles. The predicted octanol–water partition coefficient (Wildman–Crippen LogP) is 0.158. The van der Waals surface area contributed by atoms with E-state index < -0.39 is 0 Å². The minimum Gasteiger partial charge on any atom is -0.409 e. The van der Waals surface area contributed by atoms with Gasteiger partial charge in [-0.25, -0.2) is 0 Å². The zero-order valence-electron chi connectivity index (χ0n) is 5.66. The van der Waals surface area contributed by atoms with Crippen LogP contribution in [0.4, 0.5) is 0 Å². The van der Waals surface area contributed by atoms with E-state index in [2.05, 4.69) is 5.16 Å². The number of nitrogens with zero attached hydrogens (tertiary/aromatic N) is 1. The van der Waals surface area contributed by atoms with E-state index in [1.165, 1.54) is 7.11 Å². The van der Waals surface area contributed by atoms with Crippen molar-refractivity contribution in [2.45, 2.75) is 19.4 Å². The Morgan fingerprint density at radius 2 is 2.44 bits per heavy atom. The van der Waals surface area contributed by atoms with Gasteiger partial charge in [-0.05, 0) is 6.42 Å². The third kappa shape index (κ3) is 2.32. The molecule has 0 saturated carbocycles. The van der Waals surface area contributed by atoms with Crippen molar-refractivity contribution in [3.63, 3.8) is 0 Å². The summed E-state index contributed by atoms with van der Waals surface area (Å²) in [6.07, 6.45) is 0.460. The first-order chi connectivity index (χ1) is 4.26. The van der Waals surface area contributed by atoms with Crippen LogP contribution in [0, 0.1) is 0 Å². The number of hydrogen-bond donors (Lipinski definition) is 2. The fourth-order valence-corrected chi connectivity index (χ4v) is 0.561. The van der Waals surface area contributed by atoms with Gasteiger partial charge in [-0.1, -0.05) is 12.1 Å². The first-order valence-corrected chi connectivity index (χ1v) is 2.76. The van der Waals surface area contributed by atoms with E-state index in [0.717, 1.165) is 0 Å². The number of hydrogen-bond acceptors (Lipinski definition) is 3. The predicted molar refractivity (Wildman–Crippen MR) is 34.5 cm³/mol. The largest absolute Gasteiger partial charge is 0.409 e. The Bertz CT molecular complexity index is 99.1. The molecule has 0 rings (SSSR count). The summed E-state index contributed by atoms with van der Waals surface area (Å²) in [5, 5.41) is 11.0. The zero-order chi connectivity index (χ0) is 7.28. The van der Waals surface area contributed by atoms with Gasteiger partial charge >= 0.3 is 0 Å². The molecule has 0 amide bonds. The summed E-state index contributed by atoms with van der Waals surface area (Å²) < 4.78 is 4.84. The SMILES string of the molecule is CCC(OC)/C(N)=N/O. The molecule has 0 heterocycles. The minimum absolute atomic E-state index is 0.125. The molecule has 3 N–H and O–H groups in total. The van der Waals surface area contributed by atoms with Gasteiger partial charge in [-0.2, -0.15) is 0 Å². The van der Waals surface area contributed by atoms with E-state index in [1.807, 2.05) is 6.92 Å². The maximum atomic E-state index is 8.15. The highest BCUT2D eigenvalue weighted by Gasteiger charge is 2.08. The highest BCUT2D eigenvalue weighted by molar-refractivity contribution is 5.84. The lowest BCUT2D eigenvalue weighted by atomic mass is 10.2. The topological polar surface area (TPSA) is 67.8 Å². The maximum Gasteiger partial charge on any atom is 0.168 e. The molecule has 0 aliphatic carbocycles. The monoisotopic (exact) mass is 132 g/mol. The summed E-state index contributed by atoms with van der Waals surface area (Å²) in [6.45, 7) is 1.90. The van der Waals surface area contributed by atoms with Crippen LogP contribution in [-0.4, -0.2) is 24.3 Å². The first kappa shape index (κ1) is 8.23. The van der Waals surface area contributed by atoms with E-state index in [9.17, 15) is 0 Å². The molecule has 0 bridgehead atoms. The van der Waals surface area contributed by atoms with Crippen LogP contribution in [0.5, 0.6) is 0 Å². The normalized spacial score (nSPS) is 15.6. The van der Waals surface area contributed by atoms with E-state index >= 15 is 0 Å². The fraction of sp³-hybridized carbons (Fsp3) is 0.800. The molecule has 1 unspecified atom stereocenters. The molecule has 0 fully saturated rings. The Hall–Kier alpha value is -0.770. The molecular weight excluding hydrogens is 120 g/mol. The molecule has 0 saturated heterocycles. The molecule has 4 heteroatoms. The first-order valence-electron chi connectivity index (χ1n) is 2.76. The van der Waals surface area contributed by atoms with E-state index in [4.69, 9.17) is 15.7 Å². The third-order valence-corrected chi connectivity index (χ3v) is 1.10. The average molecular weight is 132 g/mol. The van der Waals surface area contributed by atoms with Crippen molar-refractivity contribution in [3.8, 4) is 0 Å². The Morgan fingerprint density at radius 3 is 2.56 bits per heavy atom. The fourth-order valence-electron chi connectivity index (χ4n) is 0.561. The van der Waals surface area contributed by atoms with E-state index in [-0.39, 0.29) is 11.9 Å². The third-order valence-electron chi connectivity index (χ3n) is 1.10. The molecule has 0 radical (unpaired) electrons. The smallest absolute Gasteiger partial charge is 0.168 e. The minimum atomic E-state index is -0.255. The van der Waals surface area contributed by atoms with Crippen LogP contribution in [0.1, 0.15) is 13.3 Å². The Labute approximate surface area is 54.3 Å². The number of nitrogens with two attached hydrogens (primary N) is 1. The molecule has 0 aliphatic heterocycles.